The molecule has 2 heteroatoms. The molecular weight excluding hydrogens is 131 g/mol. The van der Waals surface area contributed by atoms with Gasteiger partial charge < -0.3 is 0 Å². The molecule has 0 aromatic carbocycles. The Morgan fingerprint density at radius 2 is 1.89 bits per heavy atom. The molecule has 0 nitrogen and oxygen atoms in total. The van der Waals surface area contributed by atoms with Crippen molar-refractivity contribution < 1.29 is 4.39 Å². The molecule has 0 unspecified atom stereocenters. The summed E-state index contributed by atoms with van der Waals surface area (Å²) < 4.78 is 11.5. The molecule has 0 aliphatic carbocycles. The number of hydrogen-bond acceptors (Lipinski definition) is 0. The van der Waals surface area contributed by atoms with E-state index in [-0.39, 0.29) is 6.67 Å². The van der Waals surface area contributed by atoms with Gasteiger partial charge in [-0.15, -0.1) is 0 Å². The van der Waals surface area contributed by atoms with Gasteiger partial charge in [-0.1, -0.05) is 31.9 Å². The van der Waals surface area contributed by atoms with E-state index in [0.717, 1.165) is 22.0 Å². The lowest BCUT2D eigenvalue weighted by Crippen LogP contribution is -1.88. The molecule has 0 aromatic rings. The average molecular weight is 146 g/mol. The van der Waals surface area contributed by atoms with Crippen LogP contribution >= 0.6 is 0 Å². The topological polar surface area (TPSA) is 0 Å². The molecule has 0 aliphatic rings. The van der Waals surface area contributed by atoms with E-state index in [1.54, 1.807) is 0 Å². The molecule has 0 amide bonds. The van der Waals surface area contributed by atoms with E-state index in [1.807, 2.05) is 0 Å². The summed E-state index contributed by atoms with van der Waals surface area (Å²) in [6, 6.07) is 2.42. The van der Waals surface area contributed by atoms with Gasteiger partial charge in [-0.3, -0.25) is 4.39 Å². The maximum atomic E-state index is 11.5. The Labute approximate surface area is 59.7 Å². The average Bonchev–Trinajstić information content (AvgIpc) is 1.89. The van der Waals surface area contributed by atoms with E-state index in [1.165, 1.54) is 18.9 Å². The quantitative estimate of drug-likeness (QED) is 0.399. The van der Waals surface area contributed by atoms with Crippen molar-refractivity contribution in [1.82, 2.24) is 0 Å². The molecule has 9 heavy (non-hydrogen) atoms. The highest BCUT2D eigenvalue weighted by Gasteiger charge is 1.88. The Hall–Kier alpha value is 0.147. The highest BCUT2D eigenvalue weighted by molar-refractivity contribution is 6.35. The summed E-state index contributed by atoms with van der Waals surface area (Å²) in [6.45, 7) is 2.07. The normalized spacial score (nSPS) is 10.0. The summed E-state index contributed by atoms with van der Waals surface area (Å²) in [5.41, 5.74) is 0. The lowest BCUT2D eigenvalue weighted by molar-refractivity contribution is 0.486. The smallest absolute Gasteiger partial charge is 0.0891 e. The van der Waals surface area contributed by atoms with E-state index in [4.69, 9.17) is 0 Å². The summed E-state index contributed by atoms with van der Waals surface area (Å²) in [5.74, 6) is 0. The summed E-state index contributed by atoms with van der Waals surface area (Å²) in [4.78, 5) is 0. The predicted octanol–water partition coefficient (Wildman–Crippen LogP) is 2.69. The van der Waals surface area contributed by atoms with Crippen molar-refractivity contribution in [3.05, 3.63) is 0 Å². The van der Waals surface area contributed by atoms with Crippen LogP contribution in [0.2, 0.25) is 12.1 Å². The number of alkyl halides is 1. The minimum atomic E-state index is -0.126. The first kappa shape index (κ1) is 9.15. The van der Waals surface area contributed by atoms with E-state index in [2.05, 4.69) is 6.92 Å². The Kier molecular flexibility index (Phi) is 8.28. The lowest BCUT2D eigenvalue weighted by Gasteiger charge is -1.93. The van der Waals surface area contributed by atoms with E-state index < -0.39 is 0 Å². The minimum absolute atomic E-state index is 0.126. The molecule has 0 N–H and O–H groups in total. The number of unbranched alkanes of at least 4 members (excludes halogenated alkanes) is 1. The molecule has 0 spiro atoms. The van der Waals surface area contributed by atoms with Crippen LogP contribution < -0.4 is 0 Å². The summed E-state index contributed by atoms with van der Waals surface area (Å²) >= 11 is 0. The Bertz CT molecular complexity index is 42.2. The molecule has 0 aromatic heterocycles. The van der Waals surface area contributed by atoms with Gasteiger partial charge in [0.15, 0.2) is 0 Å². The molecule has 54 valence electrons. The van der Waals surface area contributed by atoms with Gasteiger partial charge in [-0.25, -0.2) is 0 Å². The molecule has 0 heterocycles. The van der Waals surface area contributed by atoms with Crippen molar-refractivity contribution in [3.63, 3.8) is 0 Å². The second kappa shape index (κ2) is 8.15. The van der Waals surface area contributed by atoms with Gasteiger partial charge in [-0.2, -0.15) is 0 Å². The van der Waals surface area contributed by atoms with Gasteiger partial charge in [0.2, 0.25) is 0 Å². The highest BCUT2D eigenvalue weighted by Crippen LogP contribution is 1.98. The summed E-state index contributed by atoms with van der Waals surface area (Å²) in [7, 11) is 1.01. The van der Waals surface area contributed by atoms with Crippen LogP contribution in [-0.4, -0.2) is 16.2 Å². The lowest BCUT2D eigenvalue weighted by atomic mass is 10.4. The number of hydrogen-bond donors (Lipinski definition) is 0. The van der Waals surface area contributed by atoms with Crippen LogP contribution in [0.1, 0.15) is 26.2 Å². The van der Waals surface area contributed by atoms with Crippen LogP contribution in [0.4, 0.5) is 4.39 Å². The van der Waals surface area contributed by atoms with Crippen LogP contribution in [0.5, 0.6) is 0 Å². The molecule has 0 atom stereocenters. The van der Waals surface area contributed by atoms with Crippen LogP contribution in [0.3, 0.4) is 0 Å². The van der Waals surface area contributed by atoms with Crippen LogP contribution in [0.15, 0.2) is 0 Å². The summed E-state index contributed by atoms with van der Waals surface area (Å²) in [6.07, 6.45) is 3.38. The van der Waals surface area contributed by atoms with Crippen LogP contribution in [-0.2, 0) is 0 Å². The number of rotatable bonds is 6. The molecule has 0 saturated heterocycles. The maximum Gasteiger partial charge on any atom is 0.0891 e. The van der Waals surface area contributed by atoms with Crippen molar-refractivity contribution >= 4 is 9.52 Å². The van der Waals surface area contributed by atoms with E-state index >= 15 is 0 Å². The van der Waals surface area contributed by atoms with Gasteiger partial charge in [0.1, 0.15) is 0 Å². The fourth-order valence-corrected chi connectivity index (χ4v) is 1.86. The predicted molar refractivity (Wildman–Crippen MR) is 40.9 cm³/mol. The monoisotopic (exact) mass is 146 g/mol. The SMILES string of the molecule is CCCC[Si]CCCF. The maximum absolute atomic E-state index is 11.5. The second-order valence-electron chi connectivity index (χ2n) is 2.15. The molecule has 0 aliphatic heterocycles. The zero-order valence-corrected chi connectivity index (χ0v) is 7.12. The molecule has 0 saturated carbocycles. The third-order valence-corrected chi connectivity index (χ3v) is 2.61. The standard InChI is InChI=1S/C7H15FSi/c1-2-3-6-9-7-4-5-8/h2-7H2,1H3. The van der Waals surface area contributed by atoms with Crippen LogP contribution in [0, 0.1) is 0 Å². The van der Waals surface area contributed by atoms with Gasteiger partial charge >= 0.3 is 0 Å². The fraction of sp³-hybridized carbons (Fsp3) is 1.00. The van der Waals surface area contributed by atoms with Crippen molar-refractivity contribution in [3.8, 4) is 0 Å². The van der Waals surface area contributed by atoms with Gasteiger partial charge in [0.05, 0.1) is 6.67 Å². The molecule has 0 rings (SSSR count). The van der Waals surface area contributed by atoms with E-state index in [9.17, 15) is 4.39 Å². The zero-order chi connectivity index (χ0) is 6.95. The van der Waals surface area contributed by atoms with Crippen molar-refractivity contribution in [1.29, 1.82) is 0 Å². The van der Waals surface area contributed by atoms with E-state index in [0.29, 0.717) is 0 Å². The fourth-order valence-electron chi connectivity index (χ4n) is 0.619. The third kappa shape index (κ3) is 8.15. The second-order valence-corrected chi connectivity index (χ2v) is 3.65. The zero-order valence-electron chi connectivity index (χ0n) is 6.12. The van der Waals surface area contributed by atoms with Crippen molar-refractivity contribution in [2.24, 2.45) is 0 Å². The van der Waals surface area contributed by atoms with Gasteiger partial charge in [0, 0.05) is 9.52 Å². The first-order valence-corrected chi connectivity index (χ1v) is 5.10. The molecule has 0 fully saturated rings. The Morgan fingerprint density at radius 1 is 1.22 bits per heavy atom. The van der Waals surface area contributed by atoms with Crippen molar-refractivity contribution in [2.45, 2.75) is 38.3 Å². The third-order valence-electron chi connectivity index (χ3n) is 1.19. The van der Waals surface area contributed by atoms with Gasteiger partial charge in [-0.05, 0) is 6.42 Å². The highest BCUT2D eigenvalue weighted by atomic mass is 28.2. The largest absolute Gasteiger partial charge is 0.251 e. The molecule has 0 bridgehead atoms. The molecule has 2 radical (unpaired) electrons. The van der Waals surface area contributed by atoms with Crippen molar-refractivity contribution in [2.75, 3.05) is 6.67 Å². The Balaban J connectivity index is 2.60. The van der Waals surface area contributed by atoms with Gasteiger partial charge in [0.25, 0.3) is 0 Å². The first-order chi connectivity index (χ1) is 4.41. The minimum Gasteiger partial charge on any atom is -0.251 e. The first-order valence-electron chi connectivity index (χ1n) is 3.68. The number of halogens is 1. The Morgan fingerprint density at radius 3 is 2.44 bits per heavy atom. The van der Waals surface area contributed by atoms with Crippen LogP contribution in [0.25, 0.3) is 0 Å². The molecular formula is C7H15FSi. The summed E-state index contributed by atoms with van der Waals surface area (Å²) in [5, 5.41) is 0.